The van der Waals surface area contributed by atoms with Crippen molar-refractivity contribution in [3.8, 4) is 0 Å². The number of aromatic nitrogens is 1. The second-order valence-corrected chi connectivity index (χ2v) is 4.89. The number of rotatable bonds is 6. The van der Waals surface area contributed by atoms with Gasteiger partial charge in [0.05, 0.1) is 17.6 Å². The summed E-state index contributed by atoms with van der Waals surface area (Å²) in [5, 5.41) is 0. The van der Waals surface area contributed by atoms with Gasteiger partial charge in [0.2, 0.25) is 0 Å². The quantitative estimate of drug-likeness (QED) is 0.824. The van der Waals surface area contributed by atoms with Gasteiger partial charge in [-0.1, -0.05) is 20.8 Å². The third-order valence-electron chi connectivity index (χ3n) is 2.92. The molecule has 0 aliphatic carbocycles. The summed E-state index contributed by atoms with van der Waals surface area (Å²) in [5.41, 5.74) is 8.13. The van der Waals surface area contributed by atoms with Gasteiger partial charge in [-0.25, -0.2) is 0 Å². The zero-order chi connectivity index (χ0) is 12.8. The molecule has 3 nitrogen and oxygen atoms in total. The Labute approximate surface area is 105 Å². The molecule has 17 heavy (non-hydrogen) atoms. The van der Waals surface area contributed by atoms with Crippen molar-refractivity contribution in [2.45, 2.75) is 40.2 Å². The minimum Gasteiger partial charge on any atom is -0.370 e. The van der Waals surface area contributed by atoms with Crippen molar-refractivity contribution in [2.75, 3.05) is 18.0 Å². The van der Waals surface area contributed by atoms with E-state index in [4.69, 9.17) is 5.73 Å². The number of anilines is 1. The lowest BCUT2D eigenvalue weighted by Gasteiger charge is -2.25. The van der Waals surface area contributed by atoms with Gasteiger partial charge in [0.25, 0.3) is 0 Å². The minimum absolute atomic E-state index is 0.0595. The maximum absolute atomic E-state index is 5.96. The van der Waals surface area contributed by atoms with E-state index < -0.39 is 0 Å². The van der Waals surface area contributed by atoms with E-state index in [-0.39, 0.29) is 6.04 Å². The third-order valence-corrected chi connectivity index (χ3v) is 2.92. The van der Waals surface area contributed by atoms with Crippen molar-refractivity contribution < 1.29 is 0 Å². The summed E-state index contributed by atoms with van der Waals surface area (Å²) in [6, 6.07) is 4.24. The molecule has 2 N–H and O–H groups in total. The lowest BCUT2D eigenvalue weighted by atomic mass is 10.1. The zero-order valence-corrected chi connectivity index (χ0v) is 11.5. The van der Waals surface area contributed by atoms with Crippen LogP contribution < -0.4 is 10.6 Å². The first-order valence-electron chi connectivity index (χ1n) is 6.54. The Kier molecular flexibility index (Phi) is 5.42. The molecule has 0 aliphatic rings. The maximum Gasteiger partial charge on any atom is 0.0572 e. The predicted octanol–water partition coefficient (Wildman–Crippen LogP) is 2.97. The van der Waals surface area contributed by atoms with Crippen LogP contribution in [0.25, 0.3) is 0 Å². The van der Waals surface area contributed by atoms with Crippen LogP contribution in [0.3, 0.4) is 0 Å². The highest BCUT2D eigenvalue weighted by atomic mass is 15.1. The molecule has 1 atom stereocenters. The average Bonchev–Trinajstić information content (AvgIpc) is 2.35. The molecule has 96 valence electrons. The summed E-state index contributed by atoms with van der Waals surface area (Å²) in [6.45, 7) is 10.8. The molecule has 0 bridgehead atoms. The summed E-state index contributed by atoms with van der Waals surface area (Å²) in [6.07, 6.45) is 2.87. The Morgan fingerprint density at radius 1 is 1.29 bits per heavy atom. The summed E-state index contributed by atoms with van der Waals surface area (Å²) >= 11 is 0. The molecule has 1 aromatic rings. The van der Waals surface area contributed by atoms with Crippen LogP contribution in [0.5, 0.6) is 0 Å². The zero-order valence-electron chi connectivity index (χ0n) is 11.5. The molecule has 0 saturated carbocycles. The lowest BCUT2D eigenvalue weighted by molar-refractivity contribution is 0.617. The number of pyridine rings is 1. The second-order valence-electron chi connectivity index (χ2n) is 4.89. The van der Waals surface area contributed by atoms with Crippen LogP contribution in [0.2, 0.25) is 0 Å². The standard InChI is InChI=1S/C14H25N3/c1-5-13(15)14-8-7-12(9-16-14)17(6-2)10-11(3)4/h7-9,11,13H,5-6,10,15H2,1-4H3/t13-/m1/s1. The summed E-state index contributed by atoms with van der Waals surface area (Å²) < 4.78 is 0. The van der Waals surface area contributed by atoms with Crippen molar-refractivity contribution in [3.05, 3.63) is 24.0 Å². The smallest absolute Gasteiger partial charge is 0.0572 e. The normalized spacial score (nSPS) is 12.8. The second kappa shape index (κ2) is 6.60. The Balaban J connectivity index is 2.77. The van der Waals surface area contributed by atoms with E-state index in [1.807, 2.05) is 12.3 Å². The molecule has 0 unspecified atom stereocenters. The van der Waals surface area contributed by atoms with Gasteiger partial charge in [-0.3, -0.25) is 4.98 Å². The molecule has 1 heterocycles. The molecule has 0 aliphatic heterocycles. The molecule has 0 aromatic carbocycles. The SMILES string of the molecule is CC[C@@H](N)c1ccc(N(CC)CC(C)C)cn1. The van der Waals surface area contributed by atoms with Crippen LogP contribution in [0.15, 0.2) is 18.3 Å². The Hall–Kier alpha value is -1.09. The van der Waals surface area contributed by atoms with Crippen LogP contribution in [0, 0.1) is 5.92 Å². The first-order valence-corrected chi connectivity index (χ1v) is 6.54. The van der Waals surface area contributed by atoms with Crippen LogP contribution in [0.4, 0.5) is 5.69 Å². The van der Waals surface area contributed by atoms with Crippen LogP contribution in [0.1, 0.15) is 45.9 Å². The molecule has 0 radical (unpaired) electrons. The van der Waals surface area contributed by atoms with Crippen molar-refractivity contribution >= 4 is 5.69 Å². The van der Waals surface area contributed by atoms with E-state index in [9.17, 15) is 0 Å². The van der Waals surface area contributed by atoms with E-state index in [2.05, 4.69) is 43.6 Å². The van der Waals surface area contributed by atoms with Crippen LogP contribution in [-0.2, 0) is 0 Å². The topological polar surface area (TPSA) is 42.1 Å². The fraction of sp³-hybridized carbons (Fsp3) is 0.643. The van der Waals surface area contributed by atoms with Gasteiger partial charge in [-0.05, 0) is 31.4 Å². The molecular weight excluding hydrogens is 210 g/mol. The van der Waals surface area contributed by atoms with Crippen LogP contribution in [-0.4, -0.2) is 18.1 Å². The predicted molar refractivity (Wildman–Crippen MR) is 74.2 cm³/mol. The molecular formula is C14H25N3. The van der Waals surface area contributed by atoms with Crippen molar-refractivity contribution in [3.63, 3.8) is 0 Å². The molecule has 0 saturated heterocycles. The van der Waals surface area contributed by atoms with E-state index in [0.717, 1.165) is 25.2 Å². The van der Waals surface area contributed by atoms with E-state index in [1.54, 1.807) is 0 Å². The third kappa shape index (κ3) is 4.00. The molecule has 1 aromatic heterocycles. The van der Waals surface area contributed by atoms with Gasteiger partial charge < -0.3 is 10.6 Å². The fourth-order valence-corrected chi connectivity index (χ4v) is 1.87. The fourth-order valence-electron chi connectivity index (χ4n) is 1.87. The van der Waals surface area contributed by atoms with Crippen molar-refractivity contribution in [1.29, 1.82) is 0 Å². The highest BCUT2D eigenvalue weighted by molar-refractivity contribution is 5.44. The van der Waals surface area contributed by atoms with Crippen molar-refractivity contribution in [2.24, 2.45) is 11.7 Å². The minimum atomic E-state index is 0.0595. The Morgan fingerprint density at radius 3 is 2.41 bits per heavy atom. The number of hydrogen-bond donors (Lipinski definition) is 1. The molecule has 0 amide bonds. The molecule has 1 rings (SSSR count). The number of nitrogens with two attached hydrogens (primary N) is 1. The van der Waals surface area contributed by atoms with Gasteiger partial charge in [0.15, 0.2) is 0 Å². The summed E-state index contributed by atoms with van der Waals surface area (Å²) in [4.78, 5) is 6.81. The van der Waals surface area contributed by atoms with Gasteiger partial charge in [-0.2, -0.15) is 0 Å². The maximum atomic E-state index is 5.96. The Morgan fingerprint density at radius 2 is 2.00 bits per heavy atom. The average molecular weight is 235 g/mol. The summed E-state index contributed by atoms with van der Waals surface area (Å²) in [5.74, 6) is 0.660. The van der Waals surface area contributed by atoms with E-state index >= 15 is 0 Å². The molecule has 0 fully saturated rings. The Bertz CT molecular complexity index is 319. The molecule has 0 spiro atoms. The molecule has 3 heteroatoms. The van der Waals surface area contributed by atoms with E-state index in [0.29, 0.717) is 5.92 Å². The van der Waals surface area contributed by atoms with Gasteiger partial charge in [-0.15, -0.1) is 0 Å². The van der Waals surface area contributed by atoms with Gasteiger partial charge >= 0.3 is 0 Å². The highest BCUT2D eigenvalue weighted by Crippen LogP contribution is 2.17. The number of nitrogens with zero attached hydrogens (tertiary/aromatic N) is 2. The monoisotopic (exact) mass is 235 g/mol. The van der Waals surface area contributed by atoms with Gasteiger partial charge in [0, 0.05) is 19.1 Å². The number of hydrogen-bond acceptors (Lipinski definition) is 3. The summed E-state index contributed by atoms with van der Waals surface area (Å²) in [7, 11) is 0. The van der Waals surface area contributed by atoms with E-state index in [1.165, 1.54) is 5.69 Å². The first kappa shape index (κ1) is 14.0. The van der Waals surface area contributed by atoms with Crippen LogP contribution >= 0.6 is 0 Å². The lowest BCUT2D eigenvalue weighted by Crippen LogP contribution is -2.27. The first-order chi connectivity index (χ1) is 8.08. The van der Waals surface area contributed by atoms with Gasteiger partial charge in [0.1, 0.15) is 0 Å². The largest absolute Gasteiger partial charge is 0.370 e. The van der Waals surface area contributed by atoms with Crippen molar-refractivity contribution in [1.82, 2.24) is 4.98 Å². The highest BCUT2D eigenvalue weighted by Gasteiger charge is 2.09.